The topological polar surface area (TPSA) is 21.3 Å². The van der Waals surface area contributed by atoms with E-state index in [0.717, 1.165) is 23.1 Å². The van der Waals surface area contributed by atoms with Crippen LogP contribution in [0.25, 0.3) is 0 Å². The van der Waals surface area contributed by atoms with Crippen LogP contribution in [-0.4, -0.2) is 6.54 Å². The van der Waals surface area contributed by atoms with Crippen molar-refractivity contribution in [3.8, 4) is 11.5 Å². The minimum Gasteiger partial charge on any atom is -0.454 e. The van der Waals surface area contributed by atoms with E-state index in [1.165, 1.54) is 6.07 Å². The molecule has 2 aromatic rings. The molecular weight excluding hydrogens is 345 g/mol. The Morgan fingerprint density at radius 1 is 1.30 bits per heavy atom. The molecule has 0 amide bonds. The molecule has 0 spiro atoms. The Morgan fingerprint density at radius 2 is 2.10 bits per heavy atom. The maximum Gasteiger partial charge on any atom is 0.184 e. The van der Waals surface area contributed by atoms with Gasteiger partial charge in [-0.2, -0.15) is 0 Å². The largest absolute Gasteiger partial charge is 0.454 e. The number of ether oxygens (including phenoxy) is 1. The Morgan fingerprint density at radius 3 is 2.80 bits per heavy atom. The number of hydrogen-bond acceptors (Lipinski definition) is 2. The number of hydrogen-bond donors (Lipinski definition) is 1. The van der Waals surface area contributed by atoms with Gasteiger partial charge in [-0.25, -0.2) is 4.39 Å². The lowest BCUT2D eigenvalue weighted by Crippen LogP contribution is -2.11. The van der Waals surface area contributed by atoms with Gasteiger partial charge in [0, 0.05) is 11.0 Å². The van der Waals surface area contributed by atoms with E-state index in [2.05, 4.69) is 21.2 Å². The molecule has 2 rings (SSSR count). The van der Waals surface area contributed by atoms with Crippen LogP contribution in [0.3, 0.4) is 0 Å². The number of benzene rings is 2. The van der Waals surface area contributed by atoms with E-state index < -0.39 is 5.82 Å². The molecule has 20 heavy (non-hydrogen) atoms. The average molecular weight is 359 g/mol. The van der Waals surface area contributed by atoms with Crippen LogP contribution in [0.15, 0.2) is 40.9 Å². The van der Waals surface area contributed by atoms with E-state index in [0.29, 0.717) is 5.75 Å². The van der Waals surface area contributed by atoms with E-state index in [4.69, 9.17) is 16.3 Å². The number of nitrogens with one attached hydrogen (secondary N) is 1. The van der Waals surface area contributed by atoms with Crippen LogP contribution in [0.5, 0.6) is 11.5 Å². The molecule has 0 saturated heterocycles. The van der Waals surface area contributed by atoms with Crippen LogP contribution >= 0.6 is 27.5 Å². The summed E-state index contributed by atoms with van der Waals surface area (Å²) in [6, 6.07) is 10.2. The summed E-state index contributed by atoms with van der Waals surface area (Å²) in [6.45, 7) is 3.72. The molecule has 0 bridgehead atoms. The van der Waals surface area contributed by atoms with Gasteiger partial charge < -0.3 is 10.1 Å². The third-order valence-corrected chi connectivity index (χ3v) is 3.76. The number of rotatable bonds is 5. The molecule has 2 nitrogen and oxygen atoms in total. The monoisotopic (exact) mass is 357 g/mol. The van der Waals surface area contributed by atoms with E-state index >= 15 is 0 Å². The van der Waals surface area contributed by atoms with Crippen molar-refractivity contribution in [2.45, 2.75) is 13.5 Å². The summed E-state index contributed by atoms with van der Waals surface area (Å²) < 4.78 is 20.2. The summed E-state index contributed by atoms with van der Waals surface area (Å²) in [6.07, 6.45) is 0. The summed E-state index contributed by atoms with van der Waals surface area (Å²) in [5.74, 6) is 0.115. The highest BCUT2D eigenvalue weighted by Crippen LogP contribution is 2.31. The fraction of sp³-hybridized carbons (Fsp3) is 0.200. The van der Waals surface area contributed by atoms with Gasteiger partial charge in [0.05, 0.1) is 5.02 Å². The van der Waals surface area contributed by atoms with Crippen molar-refractivity contribution < 1.29 is 9.13 Å². The second-order valence-electron chi connectivity index (χ2n) is 4.19. The van der Waals surface area contributed by atoms with E-state index in [1.54, 1.807) is 18.2 Å². The highest BCUT2D eigenvalue weighted by Gasteiger charge is 2.09. The summed E-state index contributed by atoms with van der Waals surface area (Å²) in [5, 5.41) is 3.29. The highest BCUT2D eigenvalue weighted by molar-refractivity contribution is 9.10. The first kappa shape index (κ1) is 15.3. The van der Waals surface area contributed by atoms with Crippen molar-refractivity contribution in [3.63, 3.8) is 0 Å². The molecule has 0 unspecified atom stereocenters. The Bertz CT molecular complexity index is 606. The zero-order chi connectivity index (χ0) is 14.5. The van der Waals surface area contributed by atoms with Crippen LogP contribution in [0.2, 0.25) is 5.02 Å². The Balaban J connectivity index is 2.18. The van der Waals surface area contributed by atoms with Crippen LogP contribution in [0, 0.1) is 5.82 Å². The fourth-order valence-corrected chi connectivity index (χ4v) is 2.35. The minimum absolute atomic E-state index is 0.0466. The van der Waals surface area contributed by atoms with E-state index in [9.17, 15) is 4.39 Å². The predicted octanol–water partition coefficient (Wildman–Crippen LogP) is 5.14. The van der Waals surface area contributed by atoms with Crippen LogP contribution in [0.4, 0.5) is 4.39 Å². The average Bonchev–Trinajstić information content (AvgIpc) is 2.43. The molecule has 2 aromatic carbocycles. The molecule has 0 atom stereocenters. The van der Waals surface area contributed by atoms with Gasteiger partial charge in [0.2, 0.25) is 0 Å². The molecule has 0 aliphatic carbocycles. The van der Waals surface area contributed by atoms with Crippen molar-refractivity contribution >= 4 is 27.5 Å². The maximum atomic E-state index is 13.8. The lowest BCUT2D eigenvalue weighted by Gasteiger charge is -2.10. The standard InChI is InChI=1S/C15H14BrClFNO/c1-2-19-9-10-6-7-11(8-12(10)16)20-14-5-3-4-13(17)15(14)18/h3-8,19H,2,9H2,1H3. The summed E-state index contributed by atoms with van der Waals surface area (Å²) in [5.41, 5.74) is 1.12. The van der Waals surface area contributed by atoms with Gasteiger partial charge >= 0.3 is 0 Å². The molecule has 0 heterocycles. The summed E-state index contributed by atoms with van der Waals surface area (Å²) >= 11 is 9.21. The van der Waals surface area contributed by atoms with Gasteiger partial charge in [0.1, 0.15) is 5.75 Å². The smallest absolute Gasteiger partial charge is 0.184 e. The van der Waals surface area contributed by atoms with Gasteiger partial charge in [-0.15, -0.1) is 0 Å². The zero-order valence-corrected chi connectivity index (χ0v) is 13.3. The lowest BCUT2D eigenvalue weighted by atomic mass is 10.2. The second kappa shape index (κ2) is 7.07. The molecule has 5 heteroatoms. The molecule has 106 valence electrons. The third-order valence-electron chi connectivity index (χ3n) is 2.73. The normalized spacial score (nSPS) is 10.6. The van der Waals surface area contributed by atoms with Crippen molar-refractivity contribution in [2.75, 3.05) is 6.54 Å². The van der Waals surface area contributed by atoms with E-state index in [-0.39, 0.29) is 10.8 Å². The second-order valence-corrected chi connectivity index (χ2v) is 5.45. The van der Waals surface area contributed by atoms with Crippen LogP contribution in [0.1, 0.15) is 12.5 Å². The van der Waals surface area contributed by atoms with Gasteiger partial charge in [-0.1, -0.05) is 46.6 Å². The van der Waals surface area contributed by atoms with Crippen LogP contribution in [-0.2, 0) is 6.54 Å². The minimum atomic E-state index is -0.554. The van der Waals surface area contributed by atoms with Crippen molar-refractivity contribution in [1.82, 2.24) is 5.32 Å². The van der Waals surface area contributed by atoms with Gasteiger partial charge in [0.25, 0.3) is 0 Å². The van der Waals surface area contributed by atoms with Crippen molar-refractivity contribution in [3.05, 3.63) is 57.3 Å². The Hall–Kier alpha value is -1.10. The molecule has 0 radical (unpaired) electrons. The van der Waals surface area contributed by atoms with Gasteiger partial charge in [-0.05, 0) is 36.4 Å². The SMILES string of the molecule is CCNCc1ccc(Oc2cccc(Cl)c2F)cc1Br. The molecule has 0 aliphatic heterocycles. The van der Waals surface area contributed by atoms with Crippen LogP contribution < -0.4 is 10.1 Å². The van der Waals surface area contributed by atoms with Gasteiger partial charge in [0.15, 0.2) is 11.6 Å². The summed E-state index contributed by atoms with van der Waals surface area (Å²) in [7, 11) is 0. The molecular formula is C15H14BrClFNO. The highest BCUT2D eigenvalue weighted by atomic mass is 79.9. The zero-order valence-electron chi connectivity index (χ0n) is 10.9. The lowest BCUT2D eigenvalue weighted by molar-refractivity contribution is 0.442. The quantitative estimate of drug-likeness (QED) is 0.798. The van der Waals surface area contributed by atoms with Crippen molar-refractivity contribution in [2.24, 2.45) is 0 Å². The number of halogens is 3. The first-order chi connectivity index (χ1) is 9.61. The first-order valence-electron chi connectivity index (χ1n) is 6.23. The third kappa shape index (κ3) is 3.72. The maximum absolute atomic E-state index is 13.8. The molecule has 0 fully saturated rings. The molecule has 0 aliphatic rings. The fourth-order valence-electron chi connectivity index (χ4n) is 1.68. The molecule has 0 saturated carbocycles. The molecule has 1 N–H and O–H groups in total. The van der Waals surface area contributed by atoms with Crippen molar-refractivity contribution in [1.29, 1.82) is 0 Å². The van der Waals surface area contributed by atoms with E-state index in [1.807, 2.05) is 19.1 Å². The Labute approximate surface area is 131 Å². The predicted molar refractivity (Wildman–Crippen MR) is 83.0 cm³/mol. The van der Waals surface area contributed by atoms with Gasteiger partial charge in [-0.3, -0.25) is 0 Å². The molecule has 0 aromatic heterocycles. The Kier molecular flexibility index (Phi) is 5.40. The summed E-state index contributed by atoms with van der Waals surface area (Å²) in [4.78, 5) is 0. The first-order valence-corrected chi connectivity index (χ1v) is 7.40.